The van der Waals surface area contributed by atoms with Gasteiger partial charge in [0.25, 0.3) is 5.56 Å². The van der Waals surface area contributed by atoms with Crippen LogP contribution in [-0.4, -0.2) is 58.3 Å². The molecule has 0 unspecified atom stereocenters. The quantitative estimate of drug-likeness (QED) is 0.335. The zero-order chi connectivity index (χ0) is 24.5. The van der Waals surface area contributed by atoms with E-state index in [2.05, 4.69) is 5.10 Å². The lowest BCUT2D eigenvalue weighted by atomic mass is 10.2. The van der Waals surface area contributed by atoms with Crippen LogP contribution in [0.15, 0.2) is 52.4 Å². The minimum atomic E-state index is -0.209. The summed E-state index contributed by atoms with van der Waals surface area (Å²) in [6.07, 6.45) is 1.66. The third-order valence-corrected chi connectivity index (χ3v) is 5.78. The van der Waals surface area contributed by atoms with Gasteiger partial charge >= 0.3 is 0 Å². The highest BCUT2D eigenvalue weighted by atomic mass is 16.5. The van der Waals surface area contributed by atoms with Crippen LogP contribution < -0.4 is 15.0 Å². The number of hydrogen-bond acceptors (Lipinski definition) is 8. The van der Waals surface area contributed by atoms with Crippen LogP contribution in [0, 0.1) is 6.92 Å². The molecule has 0 aliphatic rings. The Kier molecular flexibility index (Phi) is 5.87. The van der Waals surface area contributed by atoms with Gasteiger partial charge in [0, 0.05) is 7.11 Å². The SMILES string of the molecule is COCCn1c(C)nc2c(c1=O)c1nc3ccccc3nc1n2/N=C/c1ccc(OC)c(OC)c1. The van der Waals surface area contributed by atoms with E-state index in [0.29, 0.717) is 63.7 Å². The van der Waals surface area contributed by atoms with Crippen LogP contribution in [0.25, 0.3) is 33.2 Å². The molecule has 3 heterocycles. The Morgan fingerprint density at radius 3 is 2.40 bits per heavy atom. The van der Waals surface area contributed by atoms with Crippen LogP contribution in [-0.2, 0) is 11.3 Å². The monoisotopic (exact) mass is 472 g/mol. The number of aryl methyl sites for hydroxylation is 1. The number of ether oxygens (including phenoxy) is 3. The van der Waals surface area contributed by atoms with Crippen LogP contribution in [0.3, 0.4) is 0 Å². The van der Waals surface area contributed by atoms with Gasteiger partial charge in [-0.15, -0.1) is 0 Å². The molecule has 0 radical (unpaired) electrons. The van der Waals surface area contributed by atoms with Crippen LogP contribution in [0.1, 0.15) is 11.4 Å². The molecular weight excluding hydrogens is 448 g/mol. The maximum atomic E-state index is 13.6. The van der Waals surface area contributed by atoms with E-state index in [1.54, 1.807) is 49.8 Å². The normalized spacial score (nSPS) is 11.8. The van der Waals surface area contributed by atoms with Gasteiger partial charge in [-0.05, 0) is 42.8 Å². The van der Waals surface area contributed by atoms with Gasteiger partial charge < -0.3 is 14.2 Å². The third kappa shape index (κ3) is 3.87. The first-order valence-electron chi connectivity index (χ1n) is 11.0. The average Bonchev–Trinajstić information content (AvgIpc) is 3.17. The summed E-state index contributed by atoms with van der Waals surface area (Å²) in [5.41, 5.74) is 3.24. The van der Waals surface area contributed by atoms with E-state index in [0.717, 1.165) is 5.56 Å². The Balaban J connectivity index is 1.78. The van der Waals surface area contributed by atoms with Crippen molar-refractivity contribution in [2.24, 2.45) is 5.10 Å². The van der Waals surface area contributed by atoms with Crippen molar-refractivity contribution >= 4 is 39.4 Å². The topological polar surface area (TPSA) is 106 Å². The smallest absolute Gasteiger partial charge is 0.265 e. The van der Waals surface area contributed by atoms with Crippen molar-refractivity contribution in [2.45, 2.75) is 13.5 Å². The molecule has 35 heavy (non-hydrogen) atoms. The molecule has 0 aliphatic heterocycles. The largest absolute Gasteiger partial charge is 0.493 e. The molecule has 10 heteroatoms. The molecule has 5 rings (SSSR count). The fourth-order valence-electron chi connectivity index (χ4n) is 4.03. The highest BCUT2D eigenvalue weighted by Crippen LogP contribution is 2.28. The molecule has 178 valence electrons. The zero-order valence-electron chi connectivity index (χ0n) is 19.8. The molecule has 0 saturated carbocycles. The first-order valence-corrected chi connectivity index (χ1v) is 11.0. The molecule has 0 atom stereocenters. The highest BCUT2D eigenvalue weighted by Gasteiger charge is 2.21. The van der Waals surface area contributed by atoms with Crippen molar-refractivity contribution in [3.63, 3.8) is 0 Å². The molecule has 0 amide bonds. The lowest BCUT2D eigenvalue weighted by Crippen LogP contribution is -2.25. The predicted octanol–water partition coefficient (Wildman–Crippen LogP) is 3.15. The van der Waals surface area contributed by atoms with E-state index in [1.807, 2.05) is 36.4 Å². The van der Waals surface area contributed by atoms with Gasteiger partial charge in [-0.3, -0.25) is 9.36 Å². The van der Waals surface area contributed by atoms with Gasteiger partial charge in [-0.1, -0.05) is 12.1 Å². The Labute approximate surface area is 200 Å². The van der Waals surface area contributed by atoms with Crippen LogP contribution >= 0.6 is 0 Å². The minimum Gasteiger partial charge on any atom is -0.493 e. The summed E-state index contributed by atoms with van der Waals surface area (Å²) in [7, 11) is 4.76. The summed E-state index contributed by atoms with van der Waals surface area (Å²) in [4.78, 5) is 27.8. The van der Waals surface area contributed by atoms with E-state index in [1.165, 1.54) is 0 Å². The molecule has 10 nitrogen and oxygen atoms in total. The second-order valence-corrected chi connectivity index (χ2v) is 7.86. The zero-order valence-corrected chi connectivity index (χ0v) is 19.8. The first kappa shape index (κ1) is 22.5. The maximum absolute atomic E-state index is 13.6. The summed E-state index contributed by atoms with van der Waals surface area (Å²) < 4.78 is 19.0. The summed E-state index contributed by atoms with van der Waals surface area (Å²) in [6, 6.07) is 13.0. The Morgan fingerprint density at radius 1 is 0.943 bits per heavy atom. The molecule has 0 N–H and O–H groups in total. The van der Waals surface area contributed by atoms with E-state index >= 15 is 0 Å². The van der Waals surface area contributed by atoms with E-state index in [4.69, 9.17) is 29.2 Å². The summed E-state index contributed by atoms with van der Waals surface area (Å²) in [5.74, 6) is 1.75. The van der Waals surface area contributed by atoms with E-state index in [-0.39, 0.29) is 5.56 Å². The Morgan fingerprint density at radius 2 is 1.69 bits per heavy atom. The number of hydrogen-bond donors (Lipinski definition) is 0. The lowest BCUT2D eigenvalue weighted by Gasteiger charge is -2.09. The van der Waals surface area contributed by atoms with Crippen molar-refractivity contribution in [2.75, 3.05) is 27.9 Å². The van der Waals surface area contributed by atoms with Crippen LogP contribution in [0.5, 0.6) is 11.5 Å². The number of rotatable bonds is 7. The van der Waals surface area contributed by atoms with Gasteiger partial charge in [0.15, 0.2) is 22.8 Å². The van der Waals surface area contributed by atoms with Crippen LogP contribution in [0.2, 0.25) is 0 Å². The molecule has 0 aliphatic carbocycles. The van der Waals surface area contributed by atoms with Crippen molar-refractivity contribution < 1.29 is 14.2 Å². The molecular formula is C25H24N6O4. The van der Waals surface area contributed by atoms with E-state index in [9.17, 15) is 4.79 Å². The van der Waals surface area contributed by atoms with Crippen molar-refractivity contribution in [1.82, 2.24) is 24.2 Å². The van der Waals surface area contributed by atoms with Crippen molar-refractivity contribution in [3.05, 3.63) is 64.2 Å². The molecule has 0 bridgehead atoms. The molecule has 0 fully saturated rings. The number of methoxy groups -OCH3 is 3. The first-order chi connectivity index (χ1) is 17.0. The second kappa shape index (κ2) is 9.15. The summed E-state index contributed by atoms with van der Waals surface area (Å²) in [5, 5.41) is 5.03. The fraction of sp³-hybridized carbons (Fsp3) is 0.240. The molecule has 5 aromatic rings. The summed E-state index contributed by atoms with van der Waals surface area (Å²) >= 11 is 0. The van der Waals surface area contributed by atoms with E-state index < -0.39 is 0 Å². The highest BCUT2D eigenvalue weighted by molar-refractivity contribution is 6.05. The number of aromatic nitrogens is 5. The van der Waals surface area contributed by atoms with Crippen LogP contribution in [0.4, 0.5) is 0 Å². The minimum absolute atomic E-state index is 0.209. The van der Waals surface area contributed by atoms with Gasteiger partial charge in [0.05, 0.1) is 44.6 Å². The Bertz CT molecular complexity index is 1650. The van der Waals surface area contributed by atoms with Gasteiger partial charge in [-0.2, -0.15) is 9.78 Å². The van der Waals surface area contributed by atoms with Gasteiger partial charge in [-0.25, -0.2) is 15.0 Å². The molecule has 0 spiro atoms. The number of nitrogens with zero attached hydrogens (tertiary/aromatic N) is 6. The molecule has 2 aromatic carbocycles. The average molecular weight is 473 g/mol. The van der Waals surface area contributed by atoms with Gasteiger partial charge in [0.1, 0.15) is 16.7 Å². The molecule has 3 aromatic heterocycles. The summed E-state index contributed by atoms with van der Waals surface area (Å²) in [6.45, 7) is 2.55. The predicted molar refractivity (Wildman–Crippen MR) is 134 cm³/mol. The Hall–Kier alpha value is -4.31. The third-order valence-electron chi connectivity index (χ3n) is 5.78. The number of para-hydroxylation sites is 2. The maximum Gasteiger partial charge on any atom is 0.265 e. The second-order valence-electron chi connectivity index (χ2n) is 7.86. The van der Waals surface area contributed by atoms with Crippen molar-refractivity contribution in [3.8, 4) is 11.5 Å². The number of fused-ring (bicyclic) bond motifs is 4. The lowest BCUT2D eigenvalue weighted by molar-refractivity contribution is 0.185. The van der Waals surface area contributed by atoms with Crippen molar-refractivity contribution in [1.29, 1.82) is 0 Å². The fourth-order valence-corrected chi connectivity index (χ4v) is 4.03. The van der Waals surface area contributed by atoms with Gasteiger partial charge in [0.2, 0.25) is 0 Å². The standard InChI is InChI=1S/C25H24N6O4/c1-15-27-23-21(25(32)30(15)11-12-33-2)22-24(29-18-8-6-5-7-17(18)28-22)31(23)26-14-16-9-10-19(34-3)20(13-16)35-4/h5-10,13-14H,11-12H2,1-4H3/b26-14+. The molecule has 0 saturated heterocycles. The number of benzene rings is 2.